The number of carbonyl (C=O) groups excluding carboxylic acids is 2. The Kier molecular flexibility index (Phi) is 8.85. The fourth-order valence-electron chi connectivity index (χ4n) is 6.93. The van der Waals surface area contributed by atoms with Gasteiger partial charge in [-0.05, 0) is 70.2 Å². The number of nitrogens with one attached hydrogen (secondary N) is 3. The zero-order chi connectivity index (χ0) is 34.1. The summed E-state index contributed by atoms with van der Waals surface area (Å²) in [4.78, 5) is 39.1. The number of hydrogen-bond donors (Lipinski definition) is 4. The summed E-state index contributed by atoms with van der Waals surface area (Å²) < 4.78 is 6.31. The van der Waals surface area contributed by atoms with Crippen molar-refractivity contribution in [3.8, 4) is 33.6 Å². The average molecular weight is 661 g/mol. The average Bonchev–Trinajstić information content (AvgIpc) is 3.46. The number of likely N-dealkylation sites (tertiary alicyclic amines) is 1. The van der Waals surface area contributed by atoms with E-state index in [9.17, 15) is 9.59 Å². The molecule has 3 heterocycles. The molecule has 2 aromatic heterocycles. The SMILES string of the molecule is CCC1CCN(C(=O)CNC(=O)OC)C1c1ncc(-c2ccc(-c3ccc4cc(-c5cnc(CNCC6(C)CC6)n5N)ccc4c3)cc2)[nH]1. The Balaban J connectivity index is 1.04. The third kappa shape index (κ3) is 6.76. The van der Waals surface area contributed by atoms with Gasteiger partial charge in [0.05, 0.1) is 43.5 Å². The number of imidazole rings is 2. The molecule has 1 saturated heterocycles. The van der Waals surface area contributed by atoms with Gasteiger partial charge in [0.2, 0.25) is 5.91 Å². The first-order chi connectivity index (χ1) is 23.7. The van der Waals surface area contributed by atoms with E-state index in [1.807, 2.05) is 17.3 Å². The minimum atomic E-state index is -0.621. The number of H-pyrrole nitrogens is 1. The third-order valence-corrected chi connectivity index (χ3v) is 10.3. The lowest BCUT2D eigenvalue weighted by Crippen LogP contribution is -2.40. The molecule has 2 aliphatic rings. The first-order valence-corrected chi connectivity index (χ1v) is 17.1. The van der Waals surface area contributed by atoms with Gasteiger partial charge in [-0.15, -0.1) is 0 Å². The second kappa shape index (κ2) is 13.4. The van der Waals surface area contributed by atoms with E-state index >= 15 is 0 Å². The summed E-state index contributed by atoms with van der Waals surface area (Å²) in [5.74, 6) is 8.19. The Morgan fingerprint density at radius 3 is 2.39 bits per heavy atom. The summed E-state index contributed by atoms with van der Waals surface area (Å²) in [7, 11) is 1.28. The highest BCUT2D eigenvalue weighted by Gasteiger charge is 2.39. The summed E-state index contributed by atoms with van der Waals surface area (Å²) in [6.45, 7) is 6.60. The van der Waals surface area contributed by atoms with Crippen LogP contribution in [0, 0.1) is 11.3 Å². The molecule has 7 rings (SSSR count). The first-order valence-electron chi connectivity index (χ1n) is 17.1. The molecular formula is C38H44N8O3. The first kappa shape index (κ1) is 32.4. The van der Waals surface area contributed by atoms with Crippen LogP contribution in [-0.2, 0) is 16.1 Å². The lowest BCUT2D eigenvalue weighted by molar-refractivity contribution is -0.131. The van der Waals surface area contributed by atoms with E-state index in [1.165, 1.54) is 20.0 Å². The van der Waals surface area contributed by atoms with E-state index in [1.54, 1.807) is 4.68 Å². The van der Waals surface area contributed by atoms with Crippen LogP contribution in [0.4, 0.5) is 4.79 Å². The van der Waals surface area contributed by atoms with Crippen LogP contribution in [0.2, 0.25) is 0 Å². The number of methoxy groups -OCH3 is 1. The number of carbonyl (C=O) groups is 2. The lowest BCUT2D eigenvalue weighted by Gasteiger charge is -2.26. The minimum absolute atomic E-state index is 0.109. The number of aromatic nitrogens is 4. The molecule has 11 heteroatoms. The van der Waals surface area contributed by atoms with Gasteiger partial charge in [-0.25, -0.2) is 19.4 Å². The van der Waals surface area contributed by atoms with Crippen LogP contribution < -0.4 is 16.5 Å². The fourth-order valence-corrected chi connectivity index (χ4v) is 6.93. The molecule has 11 nitrogen and oxygen atoms in total. The second-order valence-corrected chi connectivity index (χ2v) is 13.7. The van der Waals surface area contributed by atoms with Crippen LogP contribution in [0.25, 0.3) is 44.4 Å². The maximum absolute atomic E-state index is 13.0. The number of hydrogen-bond acceptors (Lipinski definition) is 7. The van der Waals surface area contributed by atoms with Gasteiger partial charge >= 0.3 is 6.09 Å². The number of nitrogen functional groups attached to an aromatic ring is 1. The van der Waals surface area contributed by atoms with E-state index in [-0.39, 0.29) is 24.4 Å². The molecule has 1 aliphatic heterocycles. The van der Waals surface area contributed by atoms with Crippen LogP contribution >= 0.6 is 0 Å². The van der Waals surface area contributed by atoms with E-state index in [2.05, 4.69) is 99.8 Å². The molecule has 2 amide bonds. The highest BCUT2D eigenvalue weighted by atomic mass is 16.5. The van der Waals surface area contributed by atoms with Gasteiger partial charge in [0.15, 0.2) is 0 Å². The van der Waals surface area contributed by atoms with Crippen molar-refractivity contribution in [1.29, 1.82) is 0 Å². The van der Waals surface area contributed by atoms with Crippen LogP contribution in [-0.4, -0.2) is 63.3 Å². The summed E-state index contributed by atoms with van der Waals surface area (Å²) in [5.41, 5.74) is 6.52. The summed E-state index contributed by atoms with van der Waals surface area (Å²) >= 11 is 0. The number of ether oxygens (including phenoxy) is 1. The molecule has 254 valence electrons. The smallest absolute Gasteiger partial charge is 0.407 e. The lowest BCUT2D eigenvalue weighted by atomic mass is 9.97. The topological polar surface area (TPSA) is 143 Å². The number of nitrogens with zero attached hydrogens (tertiary/aromatic N) is 4. The zero-order valence-electron chi connectivity index (χ0n) is 28.3. The predicted octanol–water partition coefficient (Wildman–Crippen LogP) is 6.02. The molecule has 2 unspecified atom stereocenters. The quantitative estimate of drug-likeness (QED) is 0.127. The number of amides is 2. The molecule has 0 bridgehead atoms. The monoisotopic (exact) mass is 660 g/mol. The maximum Gasteiger partial charge on any atom is 0.407 e. The Morgan fingerprint density at radius 1 is 0.980 bits per heavy atom. The van der Waals surface area contributed by atoms with Crippen LogP contribution in [0.15, 0.2) is 73.1 Å². The van der Waals surface area contributed by atoms with Crippen molar-refractivity contribution in [3.05, 3.63) is 84.7 Å². The number of aromatic amines is 1. The van der Waals surface area contributed by atoms with Crippen molar-refractivity contribution in [3.63, 3.8) is 0 Å². The molecule has 2 atom stereocenters. The van der Waals surface area contributed by atoms with E-state index in [0.29, 0.717) is 18.5 Å². The molecule has 0 radical (unpaired) electrons. The standard InChI is InChI=1S/C38H44N8O3/c1-4-24-13-16-45(34(47)22-43-37(48)49-3)35(24)36-42-19-31(44-36)26-7-5-25(6-8-26)27-9-10-29-18-30(12-11-28(29)17-27)32-20-41-33(46(32)39)21-40-23-38(2)14-15-38/h5-12,17-20,24,35,40H,4,13-16,21-23,39H2,1-3H3,(H,42,44)(H,43,48). The molecular weight excluding hydrogens is 616 g/mol. The Bertz CT molecular complexity index is 1980. The molecule has 49 heavy (non-hydrogen) atoms. The Morgan fingerprint density at radius 2 is 1.67 bits per heavy atom. The molecule has 2 fully saturated rings. The van der Waals surface area contributed by atoms with Crippen molar-refractivity contribution < 1.29 is 14.3 Å². The summed E-state index contributed by atoms with van der Waals surface area (Å²) in [6, 6.07) is 21.2. The Labute approximate surface area is 286 Å². The van der Waals surface area contributed by atoms with Crippen molar-refractivity contribution >= 4 is 22.8 Å². The fraction of sp³-hybridized carbons (Fsp3) is 0.368. The van der Waals surface area contributed by atoms with Gasteiger partial charge in [0, 0.05) is 18.7 Å². The molecule has 3 aromatic carbocycles. The van der Waals surface area contributed by atoms with Crippen molar-refractivity contribution in [2.75, 3.05) is 32.6 Å². The highest BCUT2D eigenvalue weighted by Crippen LogP contribution is 2.44. The number of alkyl carbamates (subject to hydrolysis) is 1. The molecule has 5 aromatic rings. The summed E-state index contributed by atoms with van der Waals surface area (Å²) in [6.07, 6.45) is 7.44. The van der Waals surface area contributed by atoms with Crippen LogP contribution in [0.1, 0.15) is 57.2 Å². The second-order valence-electron chi connectivity index (χ2n) is 13.7. The van der Waals surface area contributed by atoms with Gasteiger partial charge in [-0.3, -0.25) is 4.79 Å². The van der Waals surface area contributed by atoms with Crippen LogP contribution in [0.5, 0.6) is 0 Å². The molecule has 1 saturated carbocycles. The predicted molar refractivity (Wildman–Crippen MR) is 191 cm³/mol. The largest absolute Gasteiger partial charge is 0.453 e. The summed E-state index contributed by atoms with van der Waals surface area (Å²) in [5, 5.41) is 8.29. The molecule has 1 aliphatic carbocycles. The normalized spacial score (nSPS) is 18.1. The van der Waals surface area contributed by atoms with Crippen LogP contribution in [0.3, 0.4) is 0 Å². The van der Waals surface area contributed by atoms with E-state index in [4.69, 9.17) is 10.8 Å². The van der Waals surface area contributed by atoms with E-state index < -0.39 is 6.09 Å². The number of nitrogens with two attached hydrogens (primary N) is 1. The minimum Gasteiger partial charge on any atom is -0.453 e. The molecule has 0 spiro atoms. The third-order valence-electron chi connectivity index (χ3n) is 10.3. The Hall–Kier alpha value is -5.16. The van der Waals surface area contributed by atoms with Crippen molar-refractivity contribution in [1.82, 2.24) is 35.2 Å². The maximum atomic E-state index is 13.0. The van der Waals surface area contributed by atoms with Crippen molar-refractivity contribution in [2.24, 2.45) is 11.3 Å². The number of fused-ring (bicyclic) bond motifs is 1. The number of benzene rings is 3. The van der Waals surface area contributed by atoms with Gasteiger partial charge in [-0.1, -0.05) is 68.8 Å². The van der Waals surface area contributed by atoms with Gasteiger partial charge in [-0.2, -0.15) is 0 Å². The van der Waals surface area contributed by atoms with Crippen molar-refractivity contribution in [2.45, 2.75) is 52.1 Å². The molecule has 5 N–H and O–H groups in total. The van der Waals surface area contributed by atoms with Gasteiger partial charge in [0.1, 0.15) is 18.2 Å². The zero-order valence-corrected chi connectivity index (χ0v) is 28.3. The van der Waals surface area contributed by atoms with Gasteiger partial charge < -0.3 is 31.1 Å². The van der Waals surface area contributed by atoms with E-state index in [0.717, 1.165) is 75.4 Å². The number of rotatable bonds is 11. The van der Waals surface area contributed by atoms with Gasteiger partial charge in [0.25, 0.3) is 0 Å². The highest BCUT2D eigenvalue weighted by molar-refractivity contribution is 5.90.